The summed E-state index contributed by atoms with van der Waals surface area (Å²) in [6.45, 7) is 3.79. The second-order valence-corrected chi connectivity index (χ2v) is 10.8. The Morgan fingerprint density at radius 3 is 2.31 bits per heavy atom. The molecule has 9 nitrogen and oxygen atoms in total. The van der Waals surface area contributed by atoms with E-state index in [-0.39, 0.29) is 12.5 Å². The summed E-state index contributed by atoms with van der Waals surface area (Å²) in [6.07, 6.45) is 3.71. The number of rotatable bonds is 7. The summed E-state index contributed by atoms with van der Waals surface area (Å²) in [5.41, 5.74) is 4.86. The number of aryl methyl sites for hydroxylation is 2. The molecule has 4 atom stereocenters. The van der Waals surface area contributed by atoms with E-state index in [9.17, 15) is 9.59 Å². The maximum Gasteiger partial charge on any atom is 0.338 e. The van der Waals surface area contributed by atoms with Gasteiger partial charge < -0.3 is 18.9 Å². The molecule has 3 aliphatic rings. The molecule has 42 heavy (non-hydrogen) atoms. The summed E-state index contributed by atoms with van der Waals surface area (Å²) in [7, 11) is 1.58. The van der Waals surface area contributed by atoms with Gasteiger partial charge in [0.15, 0.2) is 5.49 Å². The quantitative estimate of drug-likeness (QED) is 0.304. The number of methoxy groups -OCH3 is 1. The molecule has 1 unspecified atom stereocenters. The molecule has 1 aromatic heterocycles. The maximum atomic E-state index is 13.1. The summed E-state index contributed by atoms with van der Waals surface area (Å²) in [6, 6.07) is 14.3. The fraction of sp³-hybridized carbons (Fsp3) is 0.281. The molecule has 1 saturated heterocycles. The van der Waals surface area contributed by atoms with Gasteiger partial charge in [-0.3, -0.25) is 0 Å². The molecule has 3 aromatic rings. The highest BCUT2D eigenvalue weighted by molar-refractivity contribution is 6.29. The Labute approximate surface area is 247 Å². The van der Waals surface area contributed by atoms with Crippen LogP contribution in [0.3, 0.4) is 0 Å². The average Bonchev–Trinajstić information content (AvgIpc) is 3.56. The van der Waals surface area contributed by atoms with Gasteiger partial charge in [-0.2, -0.15) is 0 Å². The van der Waals surface area contributed by atoms with Gasteiger partial charge >= 0.3 is 11.9 Å². The van der Waals surface area contributed by atoms with E-state index in [0.29, 0.717) is 44.9 Å². The van der Waals surface area contributed by atoms with Crippen molar-refractivity contribution in [2.45, 2.75) is 38.6 Å². The number of aromatic nitrogens is 2. The van der Waals surface area contributed by atoms with E-state index in [2.05, 4.69) is 15.0 Å². The van der Waals surface area contributed by atoms with E-state index in [4.69, 9.17) is 30.5 Å². The van der Waals surface area contributed by atoms with Gasteiger partial charge in [-0.1, -0.05) is 47.0 Å². The van der Waals surface area contributed by atoms with Crippen molar-refractivity contribution in [1.82, 2.24) is 9.97 Å². The number of hydrogen-bond acceptors (Lipinski definition) is 9. The third kappa shape index (κ3) is 5.45. The lowest BCUT2D eigenvalue weighted by molar-refractivity contribution is -0.0492. The lowest BCUT2D eigenvalue weighted by atomic mass is 9.89. The van der Waals surface area contributed by atoms with Crippen molar-refractivity contribution in [3.05, 3.63) is 117 Å². The first-order valence-electron chi connectivity index (χ1n) is 13.5. The van der Waals surface area contributed by atoms with Crippen molar-refractivity contribution in [2.24, 2.45) is 10.9 Å². The van der Waals surface area contributed by atoms with Crippen LogP contribution in [0.15, 0.2) is 83.5 Å². The van der Waals surface area contributed by atoms with Crippen LogP contribution in [0.25, 0.3) is 5.57 Å². The second kappa shape index (κ2) is 11.5. The number of carbonyl (C=O) groups excluding carboxylic acids is 2. The fourth-order valence-corrected chi connectivity index (χ4v) is 5.53. The van der Waals surface area contributed by atoms with Crippen LogP contribution in [0.1, 0.15) is 38.3 Å². The summed E-state index contributed by atoms with van der Waals surface area (Å²) in [4.78, 5) is 38.8. The van der Waals surface area contributed by atoms with Crippen molar-refractivity contribution < 1.29 is 28.5 Å². The van der Waals surface area contributed by atoms with Gasteiger partial charge in [-0.05, 0) is 50.3 Å². The molecule has 1 fully saturated rings. The Hall–Kier alpha value is -4.34. The third-order valence-corrected chi connectivity index (χ3v) is 7.87. The molecule has 6 rings (SSSR count). The molecule has 0 amide bonds. The van der Waals surface area contributed by atoms with E-state index in [0.717, 1.165) is 16.7 Å². The Bertz CT molecular complexity index is 1730. The minimum absolute atomic E-state index is 0.0945. The number of esters is 2. The molecule has 214 valence electrons. The monoisotopic (exact) mass is 585 g/mol. The maximum absolute atomic E-state index is 13.1. The number of ether oxygens (including phenoxy) is 4. The van der Waals surface area contributed by atoms with Gasteiger partial charge in [0.25, 0.3) is 0 Å². The van der Waals surface area contributed by atoms with E-state index < -0.39 is 30.3 Å². The molecule has 2 aromatic carbocycles. The Morgan fingerprint density at radius 1 is 0.976 bits per heavy atom. The molecule has 3 heterocycles. The van der Waals surface area contributed by atoms with Gasteiger partial charge in [0.05, 0.1) is 41.2 Å². The minimum Gasteiger partial charge on any atom is -0.500 e. The normalized spacial score (nSPS) is 22.3. The molecule has 0 N–H and O–H groups in total. The van der Waals surface area contributed by atoms with Crippen LogP contribution in [0.5, 0.6) is 0 Å². The summed E-state index contributed by atoms with van der Waals surface area (Å²) >= 11 is 6.36. The number of benzene rings is 2. The van der Waals surface area contributed by atoms with Crippen LogP contribution in [0.4, 0.5) is 0 Å². The van der Waals surface area contributed by atoms with Crippen molar-refractivity contribution >= 4 is 29.1 Å². The molecule has 0 radical (unpaired) electrons. The highest BCUT2D eigenvalue weighted by Crippen LogP contribution is 2.38. The highest BCUT2D eigenvalue weighted by Gasteiger charge is 2.44. The smallest absolute Gasteiger partial charge is 0.338 e. The first-order valence-corrected chi connectivity index (χ1v) is 13.9. The lowest BCUT2D eigenvalue weighted by Gasteiger charge is -2.26. The molecule has 0 bridgehead atoms. The number of fused-ring (bicyclic) bond motifs is 2. The number of hydrogen-bond donors (Lipinski definition) is 0. The summed E-state index contributed by atoms with van der Waals surface area (Å²) < 4.78 is 23.8. The van der Waals surface area contributed by atoms with Crippen molar-refractivity contribution in [1.29, 1.82) is 0 Å². The van der Waals surface area contributed by atoms with E-state index in [1.807, 2.05) is 50.3 Å². The van der Waals surface area contributed by atoms with Crippen LogP contribution < -0.4 is 10.7 Å². The van der Waals surface area contributed by atoms with Gasteiger partial charge in [0, 0.05) is 12.0 Å². The molecular formula is C32H28ClN3O6. The van der Waals surface area contributed by atoms with Crippen molar-refractivity contribution in [3.8, 4) is 0 Å². The molecule has 0 saturated carbocycles. The first kappa shape index (κ1) is 27.8. The highest BCUT2D eigenvalue weighted by atomic mass is 35.5. The van der Waals surface area contributed by atoms with Crippen LogP contribution in [0.2, 0.25) is 5.15 Å². The largest absolute Gasteiger partial charge is 0.500 e. The van der Waals surface area contributed by atoms with Crippen LogP contribution >= 0.6 is 11.6 Å². The predicted molar refractivity (Wildman–Crippen MR) is 153 cm³/mol. The summed E-state index contributed by atoms with van der Waals surface area (Å²) in [5.74, 6) is -0.684. The van der Waals surface area contributed by atoms with Gasteiger partial charge in [0.2, 0.25) is 0 Å². The first-order chi connectivity index (χ1) is 20.3. The van der Waals surface area contributed by atoms with Crippen LogP contribution in [-0.4, -0.2) is 53.9 Å². The fourth-order valence-electron chi connectivity index (χ4n) is 5.30. The van der Waals surface area contributed by atoms with Gasteiger partial charge in [0.1, 0.15) is 36.1 Å². The minimum atomic E-state index is -0.696. The molecule has 10 heteroatoms. The number of carbonyl (C=O) groups is 2. The molecule has 0 spiro atoms. The molecule has 1 aliphatic carbocycles. The zero-order valence-corrected chi connectivity index (χ0v) is 24.0. The predicted octanol–water partition coefficient (Wildman–Crippen LogP) is 3.81. The second-order valence-electron chi connectivity index (χ2n) is 10.4. The number of nitrogens with zero attached hydrogens (tertiary/aromatic N) is 3. The third-order valence-electron chi connectivity index (χ3n) is 7.58. The van der Waals surface area contributed by atoms with Gasteiger partial charge in [-0.15, -0.1) is 0 Å². The zero-order valence-electron chi connectivity index (χ0n) is 23.2. The van der Waals surface area contributed by atoms with Crippen molar-refractivity contribution in [3.63, 3.8) is 0 Å². The molecule has 2 aliphatic heterocycles. The Balaban J connectivity index is 1.25. The standard InChI is InChI=1S/C32H28ClN3O6/c1-17-4-8-19(9-5-17)31(37)40-15-27-26(42-32(38)20-10-6-18(2)7-11-20)14-25(41-27)22-12-23-21(13-24(22)39-3)28-29(33)34-16-35-30(28)36-23/h4-13,16,22,25-27H,14-15H2,1-3H3/t22?,25-,26+,27-/m1/s1. The lowest BCUT2D eigenvalue weighted by Crippen LogP contribution is -2.32. The van der Waals surface area contributed by atoms with E-state index >= 15 is 0 Å². The van der Waals surface area contributed by atoms with Crippen molar-refractivity contribution in [2.75, 3.05) is 13.7 Å². The SMILES string of the molecule is COC1=CC2=c3c(Cl)ncnc3=NC2=CC1[C@H]1C[C@H](OC(=O)c2ccc(C)cc2)[C@@H](COC(=O)c2ccc(C)cc2)O1. The number of halogens is 1. The van der Waals surface area contributed by atoms with E-state index in [1.54, 1.807) is 31.4 Å². The Morgan fingerprint density at radius 2 is 1.64 bits per heavy atom. The Kier molecular flexibility index (Phi) is 7.62. The average molecular weight is 586 g/mol. The van der Waals surface area contributed by atoms with Gasteiger partial charge in [-0.25, -0.2) is 24.5 Å². The summed E-state index contributed by atoms with van der Waals surface area (Å²) in [5, 5.41) is 0.958. The molecular weight excluding hydrogens is 558 g/mol. The number of allylic oxidation sites excluding steroid dienone is 1. The zero-order chi connectivity index (χ0) is 29.4. The van der Waals surface area contributed by atoms with Crippen LogP contribution in [-0.2, 0) is 18.9 Å². The topological polar surface area (TPSA) is 109 Å². The van der Waals surface area contributed by atoms with Crippen LogP contribution in [0, 0.1) is 19.8 Å². The van der Waals surface area contributed by atoms with E-state index in [1.165, 1.54) is 6.33 Å².